The number of para-hydroxylation sites is 1. The fourth-order valence-electron chi connectivity index (χ4n) is 2.95. The molecule has 1 amide bonds. The van der Waals surface area contributed by atoms with Gasteiger partial charge in [-0.3, -0.25) is 4.79 Å². The Balaban J connectivity index is 1.54. The molecule has 0 bridgehead atoms. The first-order chi connectivity index (χ1) is 13.5. The average Bonchev–Trinajstić information content (AvgIpc) is 2.68. The number of allylic oxidation sites excluding steroid dienone is 2. The number of rotatable bonds is 4. The quantitative estimate of drug-likeness (QED) is 0.832. The van der Waals surface area contributed by atoms with Gasteiger partial charge in [0.25, 0.3) is 15.9 Å². The topological polar surface area (TPSA) is 90.9 Å². The number of amides is 1. The van der Waals surface area contributed by atoms with E-state index in [9.17, 15) is 13.2 Å². The minimum atomic E-state index is -3.55. The Morgan fingerprint density at radius 2 is 1.75 bits per heavy atom. The molecule has 0 radical (unpaired) electrons. The van der Waals surface area contributed by atoms with E-state index in [-0.39, 0.29) is 23.7 Å². The number of hydrogen-bond donors (Lipinski definition) is 2. The van der Waals surface area contributed by atoms with Crippen LogP contribution < -0.4 is 10.6 Å². The Labute approximate surface area is 163 Å². The Morgan fingerprint density at radius 1 is 1.00 bits per heavy atom. The highest BCUT2D eigenvalue weighted by Gasteiger charge is 2.29. The standard InChI is InChI=1S/C20H18N4O3S/c25-20(18-10-5-11-24-12-13-28(26,27)23-19(18)24)22-17-9-4-8-16(14-17)21-15-6-2-1-3-7-15/h1-11,14,21H,12-13H2,(H,22,25). The predicted octanol–water partition coefficient (Wildman–Crippen LogP) is 2.87. The van der Waals surface area contributed by atoms with Crippen LogP contribution in [0, 0.1) is 0 Å². The first kappa shape index (κ1) is 18.0. The van der Waals surface area contributed by atoms with Crippen LogP contribution in [0.2, 0.25) is 0 Å². The highest BCUT2D eigenvalue weighted by atomic mass is 32.2. The summed E-state index contributed by atoms with van der Waals surface area (Å²) in [7, 11) is -3.55. The van der Waals surface area contributed by atoms with Gasteiger partial charge in [0.15, 0.2) is 5.84 Å². The lowest BCUT2D eigenvalue weighted by Gasteiger charge is -2.28. The summed E-state index contributed by atoms with van der Waals surface area (Å²) in [5.74, 6) is -0.324. The van der Waals surface area contributed by atoms with Crippen molar-refractivity contribution in [1.29, 1.82) is 0 Å². The maximum absolute atomic E-state index is 12.8. The van der Waals surface area contributed by atoms with E-state index in [1.807, 2.05) is 42.5 Å². The number of amidine groups is 1. The SMILES string of the molecule is O=C(Nc1cccc(Nc2ccccc2)c1)C1=CC=CN2CCS(=O)(=O)N=C12. The predicted molar refractivity (Wildman–Crippen MR) is 110 cm³/mol. The minimum Gasteiger partial charge on any atom is -0.355 e. The van der Waals surface area contributed by atoms with Crippen molar-refractivity contribution in [2.24, 2.45) is 4.40 Å². The van der Waals surface area contributed by atoms with E-state index in [1.165, 1.54) is 0 Å². The molecule has 2 aromatic rings. The Morgan fingerprint density at radius 3 is 2.57 bits per heavy atom. The fourth-order valence-corrected chi connectivity index (χ4v) is 3.94. The number of sulfonamides is 1. The van der Waals surface area contributed by atoms with Gasteiger partial charge in [-0.1, -0.05) is 24.3 Å². The van der Waals surface area contributed by atoms with Gasteiger partial charge in [0.1, 0.15) is 0 Å². The van der Waals surface area contributed by atoms with E-state index < -0.39 is 15.9 Å². The summed E-state index contributed by atoms with van der Waals surface area (Å²) in [5.41, 5.74) is 2.56. The fraction of sp³-hybridized carbons (Fsp3) is 0.100. The third kappa shape index (κ3) is 3.96. The second-order valence-electron chi connectivity index (χ2n) is 6.34. The molecule has 4 rings (SSSR count). The molecule has 2 heterocycles. The van der Waals surface area contributed by atoms with Crippen LogP contribution in [0.3, 0.4) is 0 Å². The molecule has 0 saturated carbocycles. The second kappa shape index (κ2) is 7.32. The number of anilines is 3. The molecular formula is C20H18N4O3S. The summed E-state index contributed by atoms with van der Waals surface area (Å²) in [4.78, 5) is 14.4. The van der Waals surface area contributed by atoms with Gasteiger partial charge >= 0.3 is 0 Å². The van der Waals surface area contributed by atoms with E-state index in [0.717, 1.165) is 11.4 Å². The molecule has 0 aromatic heterocycles. The molecule has 28 heavy (non-hydrogen) atoms. The maximum atomic E-state index is 12.8. The van der Waals surface area contributed by atoms with E-state index in [2.05, 4.69) is 15.0 Å². The monoisotopic (exact) mass is 394 g/mol. The number of carbonyl (C=O) groups excluding carboxylic acids is 1. The Hall–Kier alpha value is -3.39. The smallest absolute Gasteiger partial charge is 0.259 e. The Bertz CT molecular complexity index is 1110. The van der Waals surface area contributed by atoms with Crippen LogP contribution in [0.25, 0.3) is 0 Å². The van der Waals surface area contributed by atoms with Crippen molar-refractivity contribution < 1.29 is 13.2 Å². The van der Waals surface area contributed by atoms with Crippen molar-refractivity contribution in [3.05, 3.63) is 78.5 Å². The highest BCUT2D eigenvalue weighted by molar-refractivity contribution is 7.90. The molecule has 2 aliphatic rings. The van der Waals surface area contributed by atoms with Gasteiger partial charge in [0.05, 0.1) is 11.3 Å². The van der Waals surface area contributed by atoms with Crippen LogP contribution in [0.4, 0.5) is 17.1 Å². The molecule has 2 N–H and O–H groups in total. The van der Waals surface area contributed by atoms with Gasteiger partial charge in [-0.05, 0) is 42.5 Å². The summed E-state index contributed by atoms with van der Waals surface area (Å²) in [6, 6.07) is 17.0. The normalized spacial score (nSPS) is 17.2. The lowest BCUT2D eigenvalue weighted by Crippen LogP contribution is -2.40. The minimum absolute atomic E-state index is 0.0665. The molecule has 0 fully saturated rings. The molecule has 0 unspecified atom stereocenters. The number of nitrogens with zero attached hydrogens (tertiary/aromatic N) is 2. The van der Waals surface area contributed by atoms with Crippen molar-refractivity contribution in [2.75, 3.05) is 22.9 Å². The summed E-state index contributed by atoms with van der Waals surface area (Å²) >= 11 is 0. The van der Waals surface area contributed by atoms with Crippen LogP contribution in [0.1, 0.15) is 0 Å². The number of carbonyl (C=O) groups is 1. The largest absolute Gasteiger partial charge is 0.355 e. The zero-order chi connectivity index (χ0) is 19.6. The van der Waals surface area contributed by atoms with Crippen molar-refractivity contribution >= 4 is 38.8 Å². The van der Waals surface area contributed by atoms with Crippen molar-refractivity contribution in [3.8, 4) is 0 Å². The van der Waals surface area contributed by atoms with Gasteiger partial charge < -0.3 is 15.5 Å². The highest BCUT2D eigenvalue weighted by Crippen LogP contribution is 2.22. The molecule has 7 nitrogen and oxygen atoms in total. The molecule has 142 valence electrons. The molecule has 0 spiro atoms. The van der Waals surface area contributed by atoms with Crippen molar-refractivity contribution in [1.82, 2.24) is 4.90 Å². The van der Waals surface area contributed by atoms with Gasteiger partial charge in [-0.25, -0.2) is 8.42 Å². The van der Waals surface area contributed by atoms with Crippen LogP contribution >= 0.6 is 0 Å². The number of fused-ring (bicyclic) bond motifs is 1. The zero-order valence-corrected chi connectivity index (χ0v) is 15.7. The third-order valence-corrected chi connectivity index (χ3v) is 5.43. The van der Waals surface area contributed by atoms with E-state index >= 15 is 0 Å². The molecule has 0 saturated heterocycles. The maximum Gasteiger partial charge on any atom is 0.259 e. The second-order valence-corrected chi connectivity index (χ2v) is 8.10. The van der Waals surface area contributed by atoms with E-state index in [4.69, 9.17) is 0 Å². The van der Waals surface area contributed by atoms with Gasteiger partial charge in [0.2, 0.25) is 0 Å². The lowest BCUT2D eigenvalue weighted by molar-refractivity contribution is -0.112. The van der Waals surface area contributed by atoms with Crippen LogP contribution in [0.15, 0.2) is 82.9 Å². The molecule has 8 heteroatoms. The van der Waals surface area contributed by atoms with Gasteiger partial charge in [-0.2, -0.15) is 0 Å². The number of nitrogens with one attached hydrogen (secondary N) is 2. The van der Waals surface area contributed by atoms with E-state index in [0.29, 0.717) is 5.69 Å². The van der Waals surface area contributed by atoms with Gasteiger partial charge in [-0.15, -0.1) is 4.40 Å². The lowest BCUT2D eigenvalue weighted by atomic mass is 10.1. The summed E-state index contributed by atoms with van der Waals surface area (Å²) < 4.78 is 27.5. The molecule has 2 aromatic carbocycles. The van der Waals surface area contributed by atoms with Crippen molar-refractivity contribution in [3.63, 3.8) is 0 Å². The van der Waals surface area contributed by atoms with Crippen LogP contribution in [-0.4, -0.2) is 37.4 Å². The molecular weight excluding hydrogens is 376 g/mol. The molecule has 2 aliphatic heterocycles. The summed E-state index contributed by atoms with van der Waals surface area (Å²) in [5, 5.41) is 6.08. The molecule has 0 aliphatic carbocycles. The Kier molecular flexibility index (Phi) is 4.70. The van der Waals surface area contributed by atoms with E-state index in [1.54, 1.807) is 35.4 Å². The zero-order valence-electron chi connectivity index (χ0n) is 14.9. The summed E-state index contributed by atoms with van der Waals surface area (Å²) in [6.07, 6.45) is 4.99. The number of benzene rings is 2. The number of hydrogen-bond acceptors (Lipinski definition) is 5. The third-order valence-electron chi connectivity index (χ3n) is 4.29. The average molecular weight is 394 g/mol. The van der Waals surface area contributed by atoms with Gasteiger partial charge in [0, 0.05) is 29.8 Å². The summed E-state index contributed by atoms with van der Waals surface area (Å²) in [6.45, 7) is 0.277. The first-order valence-corrected chi connectivity index (χ1v) is 10.3. The van der Waals surface area contributed by atoms with Crippen molar-refractivity contribution in [2.45, 2.75) is 0 Å². The van der Waals surface area contributed by atoms with Crippen LogP contribution in [-0.2, 0) is 14.8 Å². The molecule has 0 atom stereocenters. The van der Waals surface area contributed by atoms with Crippen LogP contribution in [0.5, 0.6) is 0 Å². The first-order valence-electron chi connectivity index (χ1n) is 8.72.